The van der Waals surface area contributed by atoms with Crippen molar-refractivity contribution in [2.45, 2.75) is 51.2 Å². The van der Waals surface area contributed by atoms with Crippen LogP contribution in [0.15, 0.2) is 0 Å². The molecule has 0 aromatic carbocycles. The maximum Gasteiger partial charge on any atom is 0.165 e. The Bertz CT molecular complexity index is 687. The van der Waals surface area contributed by atoms with E-state index in [-0.39, 0.29) is 0 Å². The molecule has 0 amide bonds. The molecule has 2 aromatic heterocycles. The molecule has 0 bridgehead atoms. The summed E-state index contributed by atoms with van der Waals surface area (Å²) in [4.78, 5) is 2.43. The molecule has 22 heavy (non-hydrogen) atoms. The van der Waals surface area contributed by atoms with Crippen molar-refractivity contribution < 1.29 is 0 Å². The summed E-state index contributed by atoms with van der Waals surface area (Å²) in [7, 11) is 1.89. The number of hydrogen-bond donors (Lipinski definition) is 0. The zero-order chi connectivity index (χ0) is 15.3. The van der Waals surface area contributed by atoms with E-state index in [0.717, 1.165) is 41.7 Å². The van der Waals surface area contributed by atoms with Gasteiger partial charge in [-0.3, -0.25) is 9.58 Å². The highest BCUT2D eigenvalue weighted by molar-refractivity contribution is 6.30. The molecule has 118 valence electrons. The predicted octanol–water partition coefficient (Wildman–Crippen LogP) is 2.04. The Kier molecular flexibility index (Phi) is 3.41. The molecule has 0 radical (unpaired) electrons. The number of aryl methyl sites for hydroxylation is 2. The Morgan fingerprint density at radius 1 is 1.27 bits per heavy atom. The van der Waals surface area contributed by atoms with Crippen LogP contribution in [-0.4, -0.2) is 41.4 Å². The molecule has 1 aliphatic heterocycles. The third kappa shape index (κ3) is 2.32. The molecule has 8 heteroatoms. The van der Waals surface area contributed by atoms with E-state index in [1.807, 2.05) is 18.7 Å². The Labute approximate surface area is 134 Å². The quantitative estimate of drug-likeness (QED) is 0.862. The fraction of sp³-hybridized carbons (Fsp3) is 0.714. The van der Waals surface area contributed by atoms with Crippen LogP contribution in [-0.2, 0) is 13.6 Å². The molecule has 1 atom stereocenters. The molecular formula is C14H20ClN7. The van der Waals surface area contributed by atoms with Gasteiger partial charge in [-0.2, -0.15) is 5.10 Å². The van der Waals surface area contributed by atoms with Crippen LogP contribution in [0.1, 0.15) is 54.8 Å². The largest absolute Gasteiger partial charge is 0.289 e. The second kappa shape index (κ2) is 5.31. The summed E-state index contributed by atoms with van der Waals surface area (Å²) in [5.41, 5.74) is 2.18. The van der Waals surface area contributed by atoms with Crippen LogP contribution in [0.4, 0.5) is 0 Å². The summed E-state index contributed by atoms with van der Waals surface area (Å²) in [6.07, 6.45) is 4.65. The summed E-state index contributed by atoms with van der Waals surface area (Å²) in [6, 6.07) is 0.820. The van der Waals surface area contributed by atoms with Gasteiger partial charge in [-0.25, -0.2) is 4.68 Å². The van der Waals surface area contributed by atoms with Gasteiger partial charge >= 0.3 is 0 Å². The number of tetrazole rings is 1. The summed E-state index contributed by atoms with van der Waals surface area (Å²) in [5, 5.41) is 17.4. The molecular weight excluding hydrogens is 302 g/mol. The van der Waals surface area contributed by atoms with Gasteiger partial charge in [0.2, 0.25) is 0 Å². The van der Waals surface area contributed by atoms with Gasteiger partial charge in [-0.1, -0.05) is 11.6 Å². The van der Waals surface area contributed by atoms with E-state index in [1.165, 1.54) is 19.3 Å². The Balaban J connectivity index is 1.59. The van der Waals surface area contributed by atoms with Crippen LogP contribution in [0.5, 0.6) is 0 Å². The van der Waals surface area contributed by atoms with E-state index in [4.69, 9.17) is 11.6 Å². The lowest BCUT2D eigenvalue weighted by molar-refractivity contribution is 0.236. The van der Waals surface area contributed by atoms with Gasteiger partial charge in [0.25, 0.3) is 0 Å². The van der Waals surface area contributed by atoms with Gasteiger partial charge in [0.1, 0.15) is 5.15 Å². The zero-order valence-corrected chi connectivity index (χ0v) is 13.7. The van der Waals surface area contributed by atoms with E-state index in [9.17, 15) is 0 Å². The van der Waals surface area contributed by atoms with Gasteiger partial charge < -0.3 is 0 Å². The lowest BCUT2D eigenvalue weighted by atomic mass is 10.1. The van der Waals surface area contributed by atoms with Crippen molar-refractivity contribution in [2.24, 2.45) is 7.05 Å². The fourth-order valence-corrected chi connectivity index (χ4v) is 3.77. The van der Waals surface area contributed by atoms with E-state index >= 15 is 0 Å². The van der Waals surface area contributed by atoms with Crippen LogP contribution in [0.25, 0.3) is 0 Å². The minimum atomic E-state index is 0.311. The van der Waals surface area contributed by atoms with Crippen LogP contribution in [0.3, 0.4) is 0 Å². The molecule has 1 aliphatic carbocycles. The van der Waals surface area contributed by atoms with Crippen LogP contribution < -0.4 is 0 Å². The highest BCUT2D eigenvalue weighted by Gasteiger charge is 2.34. The minimum Gasteiger partial charge on any atom is -0.289 e. The number of likely N-dealkylation sites (tertiary alicyclic amines) is 1. The average molecular weight is 322 g/mol. The van der Waals surface area contributed by atoms with Gasteiger partial charge in [0.05, 0.1) is 18.3 Å². The summed E-state index contributed by atoms with van der Waals surface area (Å²) < 4.78 is 3.75. The summed E-state index contributed by atoms with van der Waals surface area (Å²) >= 11 is 6.46. The zero-order valence-electron chi connectivity index (χ0n) is 12.9. The van der Waals surface area contributed by atoms with Crippen LogP contribution in [0.2, 0.25) is 5.15 Å². The first-order valence-corrected chi connectivity index (χ1v) is 8.22. The van der Waals surface area contributed by atoms with Crippen molar-refractivity contribution >= 4 is 11.6 Å². The first kappa shape index (κ1) is 14.1. The maximum atomic E-state index is 6.46. The molecule has 2 aromatic rings. The van der Waals surface area contributed by atoms with E-state index in [1.54, 1.807) is 4.68 Å². The van der Waals surface area contributed by atoms with Gasteiger partial charge in [-0.05, 0) is 49.6 Å². The fourth-order valence-electron chi connectivity index (χ4n) is 3.47. The third-order valence-corrected chi connectivity index (χ3v) is 5.14. The molecule has 3 heterocycles. The minimum absolute atomic E-state index is 0.311. The first-order chi connectivity index (χ1) is 10.6. The number of nitrogens with zero attached hydrogens (tertiary/aromatic N) is 7. The molecule has 0 spiro atoms. The SMILES string of the molecule is Cc1nn(C)c(Cl)c1[C@@H]1CCCN1Cc1nnnn1C1CC1. The highest BCUT2D eigenvalue weighted by atomic mass is 35.5. The van der Waals surface area contributed by atoms with Crippen LogP contribution >= 0.6 is 11.6 Å². The topological polar surface area (TPSA) is 64.7 Å². The Morgan fingerprint density at radius 2 is 2.09 bits per heavy atom. The monoisotopic (exact) mass is 321 g/mol. The Morgan fingerprint density at radius 3 is 2.77 bits per heavy atom. The van der Waals surface area contributed by atoms with Crippen LogP contribution in [0, 0.1) is 6.92 Å². The molecule has 1 saturated heterocycles. The van der Waals surface area contributed by atoms with Gasteiger partial charge in [-0.15, -0.1) is 5.10 Å². The first-order valence-electron chi connectivity index (χ1n) is 7.85. The molecule has 0 N–H and O–H groups in total. The normalized spacial score (nSPS) is 22.6. The number of rotatable bonds is 4. The summed E-state index contributed by atoms with van der Waals surface area (Å²) in [5.74, 6) is 0.965. The average Bonchev–Trinajstić information content (AvgIpc) is 2.96. The lowest BCUT2D eigenvalue weighted by Crippen LogP contribution is -2.25. The third-order valence-electron chi connectivity index (χ3n) is 4.69. The molecule has 2 fully saturated rings. The van der Waals surface area contributed by atoms with E-state index < -0.39 is 0 Å². The second-order valence-corrected chi connectivity index (χ2v) is 6.67. The van der Waals surface area contributed by atoms with Crippen molar-refractivity contribution in [1.29, 1.82) is 0 Å². The van der Waals surface area contributed by atoms with E-state index in [0.29, 0.717) is 12.1 Å². The Hall–Kier alpha value is -1.47. The maximum absolute atomic E-state index is 6.46. The van der Waals surface area contributed by atoms with Gasteiger partial charge in [0, 0.05) is 18.7 Å². The highest BCUT2D eigenvalue weighted by Crippen LogP contribution is 2.39. The van der Waals surface area contributed by atoms with Gasteiger partial charge in [0.15, 0.2) is 5.82 Å². The summed E-state index contributed by atoms with van der Waals surface area (Å²) in [6.45, 7) is 3.86. The smallest absolute Gasteiger partial charge is 0.165 e. The molecule has 7 nitrogen and oxygen atoms in total. The number of hydrogen-bond acceptors (Lipinski definition) is 5. The van der Waals surface area contributed by atoms with Crippen molar-refractivity contribution in [3.05, 3.63) is 22.2 Å². The lowest BCUT2D eigenvalue weighted by Gasteiger charge is -2.24. The van der Waals surface area contributed by atoms with Crippen molar-refractivity contribution in [3.63, 3.8) is 0 Å². The van der Waals surface area contributed by atoms with Crippen molar-refractivity contribution in [2.75, 3.05) is 6.54 Å². The molecule has 2 aliphatic rings. The molecule has 0 unspecified atom stereocenters. The second-order valence-electron chi connectivity index (χ2n) is 6.31. The standard InChI is InChI=1S/C14H20ClN7/c1-9-13(14(15)20(2)17-9)11-4-3-7-21(11)8-12-16-18-19-22(12)10-5-6-10/h10-11H,3-8H2,1-2H3/t11-/m0/s1. The predicted molar refractivity (Wildman–Crippen MR) is 81.4 cm³/mol. The molecule has 4 rings (SSSR count). The molecule has 1 saturated carbocycles. The van der Waals surface area contributed by atoms with Crippen molar-refractivity contribution in [1.82, 2.24) is 34.9 Å². The number of halogens is 1. The number of aromatic nitrogens is 6. The van der Waals surface area contributed by atoms with E-state index in [2.05, 4.69) is 25.5 Å². The van der Waals surface area contributed by atoms with Crippen molar-refractivity contribution in [3.8, 4) is 0 Å².